The second-order valence-electron chi connectivity index (χ2n) is 6.03. The van der Waals surface area contributed by atoms with Crippen LogP contribution in [0, 0.1) is 0 Å². The van der Waals surface area contributed by atoms with E-state index in [0.717, 1.165) is 30.0 Å². The first-order chi connectivity index (χ1) is 12.7. The van der Waals surface area contributed by atoms with Gasteiger partial charge in [-0.25, -0.2) is 0 Å². The number of hydrogen-bond donors (Lipinski definition) is 2. The third-order valence-electron chi connectivity index (χ3n) is 3.82. The van der Waals surface area contributed by atoms with Crippen LogP contribution in [0.15, 0.2) is 48.5 Å². The Hall–Kier alpha value is -3.03. The summed E-state index contributed by atoms with van der Waals surface area (Å²) in [4.78, 5) is 25.9. The van der Waals surface area contributed by atoms with Gasteiger partial charge in [0, 0.05) is 44.0 Å². The Morgan fingerprint density at radius 1 is 0.815 bits per heavy atom. The molecule has 2 rings (SSSR count). The summed E-state index contributed by atoms with van der Waals surface area (Å²) in [5.41, 5.74) is 0.769. The fourth-order valence-corrected chi connectivity index (χ4v) is 2.28. The maximum absolute atomic E-state index is 12.5. The molecule has 144 valence electrons. The number of carbonyl (C=O) groups excluding carboxylic acids is 2. The molecule has 0 bridgehead atoms. The molecule has 0 atom stereocenters. The highest BCUT2D eigenvalue weighted by atomic mass is 19.4. The number of hydrogen-bond acceptors (Lipinski definition) is 3. The third kappa shape index (κ3) is 5.73. The zero-order chi connectivity index (χ0) is 20.0. The number of carbonyl (C=O) groups is 2. The lowest BCUT2D eigenvalue weighted by molar-refractivity contribution is -0.137. The molecule has 0 aliphatic rings. The van der Waals surface area contributed by atoms with Crippen molar-refractivity contribution >= 4 is 17.5 Å². The van der Waals surface area contributed by atoms with Gasteiger partial charge in [-0.3, -0.25) is 9.59 Å². The zero-order valence-electron chi connectivity index (χ0n) is 14.9. The minimum atomic E-state index is -4.44. The summed E-state index contributed by atoms with van der Waals surface area (Å²) < 4.78 is 37.5. The van der Waals surface area contributed by atoms with Crippen molar-refractivity contribution in [2.45, 2.75) is 6.18 Å². The molecule has 0 spiro atoms. The van der Waals surface area contributed by atoms with E-state index < -0.39 is 17.6 Å². The molecule has 2 amide bonds. The standard InChI is InChI=1S/C19H20F3N3O2/c1-25(2)16-9-5-14(6-10-16)18(27)24-12-11-23-17(26)13-3-7-15(8-4-13)19(20,21)22/h3-10H,11-12H2,1-2H3,(H,23,26)(H,24,27). The van der Waals surface area contributed by atoms with Gasteiger partial charge >= 0.3 is 6.18 Å². The van der Waals surface area contributed by atoms with Gasteiger partial charge in [0.2, 0.25) is 0 Å². The van der Waals surface area contributed by atoms with E-state index in [1.807, 2.05) is 31.1 Å². The molecular weight excluding hydrogens is 359 g/mol. The maximum atomic E-state index is 12.5. The highest BCUT2D eigenvalue weighted by Crippen LogP contribution is 2.29. The first kappa shape index (κ1) is 20.3. The number of halogens is 3. The summed E-state index contributed by atoms with van der Waals surface area (Å²) in [6, 6.07) is 11.0. The average molecular weight is 379 g/mol. The highest BCUT2D eigenvalue weighted by Gasteiger charge is 2.30. The molecule has 0 fully saturated rings. The van der Waals surface area contributed by atoms with Crippen LogP contribution in [0.3, 0.4) is 0 Å². The van der Waals surface area contributed by atoms with Crippen molar-refractivity contribution in [1.29, 1.82) is 0 Å². The van der Waals surface area contributed by atoms with E-state index >= 15 is 0 Å². The molecule has 2 aromatic rings. The van der Waals surface area contributed by atoms with Gasteiger partial charge < -0.3 is 15.5 Å². The lowest BCUT2D eigenvalue weighted by Crippen LogP contribution is -2.34. The molecule has 0 aromatic heterocycles. The first-order valence-electron chi connectivity index (χ1n) is 8.19. The number of anilines is 1. The molecule has 2 aromatic carbocycles. The Labute approximate surface area is 155 Å². The van der Waals surface area contributed by atoms with Gasteiger partial charge in [0.1, 0.15) is 0 Å². The minimum absolute atomic E-state index is 0.119. The van der Waals surface area contributed by atoms with Crippen LogP contribution in [-0.2, 0) is 6.18 Å². The van der Waals surface area contributed by atoms with Crippen LogP contribution in [0.25, 0.3) is 0 Å². The van der Waals surface area contributed by atoms with Crippen LogP contribution in [0.5, 0.6) is 0 Å². The Balaban J connectivity index is 1.78. The third-order valence-corrected chi connectivity index (χ3v) is 3.82. The van der Waals surface area contributed by atoms with Crippen molar-refractivity contribution in [3.8, 4) is 0 Å². The highest BCUT2D eigenvalue weighted by molar-refractivity contribution is 5.95. The van der Waals surface area contributed by atoms with Gasteiger partial charge in [-0.2, -0.15) is 13.2 Å². The largest absolute Gasteiger partial charge is 0.416 e. The predicted molar refractivity (Wildman–Crippen MR) is 96.9 cm³/mol. The van der Waals surface area contributed by atoms with Gasteiger partial charge in [-0.05, 0) is 48.5 Å². The maximum Gasteiger partial charge on any atom is 0.416 e. The van der Waals surface area contributed by atoms with E-state index in [1.165, 1.54) is 0 Å². The number of nitrogens with one attached hydrogen (secondary N) is 2. The Morgan fingerprint density at radius 2 is 1.22 bits per heavy atom. The first-order valence-corrected chi connectivity index (χ1v) is 8.19. The average Bonchev–Trinajstić information content (AvgIpc) is 2.64. The van der Waals surface area contributed by atoms with Crippen molar-refractivity contribution in [3.63, 3.8) is 0 Å². The van der Waals surface area contributed by atoms with E-state index in [2.05, 4.69) is 10.6 Å². The topological polar surface area (TPSA) is 61.4 Å². The summed E-state index contributed by atoms with van der Waals surface area (Å²) in [7, 11) is 3.79. The minimum Gasteiger partial charge on any atom is -0.378 e. The van der Waals surface area contributed by atoms with Crippen LogP contribution >= 0.6 is 0 Å². The van der Waals surface area contributed by atoms with Crippen LogP contribution in [-0.4, -0.2) is 39.0 Å². The van der Waals surface area contributed by atoms with Gasteiger partial charge in [0.15, 0.2) is 0 Å². The Morgan fingerprint density at radius 3 is 1.59 bits per heavy atom. The van der Waals surface area contributed by atoms with Crippen molar-refractivity contribution in [2.75, 3.05) is 32.1 Å². The zero-order valence-corrected chi connectivity index (χ0v) is 14.9. The molecule has 8 heteroatoms. The van der Waals surface area contributed by atoms with Crippen molar-refractivity contribution in [3.05, 3.63) is 65.2 Å². The SMILES string of the molecule is CN(C)c1ccc(C(=O)NCCNC(=O)c2ccc(C(F)(F)F)cc2)cc1. The molecule has 0 saturated heterocycles. The summed E-state index contributed by atoms with van der Waals surface area (Å²) in [5, 5.41) is 5.21. The second kappa shape index (κ2) is 8.57. The van der Waals surface area contributed by atoms with Crippen LogP contribution < -0.4 is 15.5 Å². The molecule has 0 radical (unpaired) electrons. The normalized spacial score (nSPS) is 11.0. The van der Waals surface area contributed by atoms with Gasteiger partial charge in [-0.15, -0.1) is 0 Å². The fourth-order valence-electron chi connectivity index (χ4n) is 2.28. The summed E-state index contributed by atoms with van der Waals surface area (Å²) in [6.07, 6.45) is -4.44. The van der Waals surface area contributed by atoms with E-state index in [4.69, 9.17) is 0 Å². The van der Waals surface area contributed by atoms with E-state index in [9.17, 15) is 22.8 Å². The van der Waals surface area contributed by atoms with Gasteiger partial charge in [0.05, 0.1) is 5.56 Å². The number of amides is 2. The number of benzene rings is 2. The molecular formula is C19H20F3N3O2. The molecule has 0 heterocycles. The monoisotopic (exact) mass is 379 g/mol. The molecule has 5 nitrogen and oxygen atoms in total. The van der Waals surface area contributed by atoms with Crippen molar-refractivity contribution in [2.24, 2.45) is 0 Å². The van der Waals surface area contributed by atoms with Gasteiger partial charge in [0.25, 0.3) is 11.8 Å². The van der Waals surface area contributed by atoms with E-state index in [1.54, 1.807) is 12.1 Å². The molecule has 0 aliphatic carbocycles. The second-order valence-corrected chi connectivity index (χ2v) is 6.03. The van der Waals surface area contributed by atoms with Crippen LogP contribution in [0.2, 0.25) is 0 Å². The number of rotatable bonds is 6. The predicted octanol–water partition coefficient (Wildman–Crippen LogP) is 2.93. The summed E-state index contributed by atoms with van der Waals surface area (Å²) >= 11 is 0. The summed E-state index contributed by atoms with van der Waals surface area (Å²) in [5.74, 6) is -0.780. The van der Waals surface area contributed by atoms with E-state index in [-0.39, 0.29) is 24.6 Å². The number of nitrogens with zero attached hydrogens (tertiary/aromatic N) is 1. The van der Waals surface area contributed by atoms with Crippen LogP contribution in [0.4, 0.5) is 18.9 Å². The molecule has 2 N–H and O–H groups in total. The van der Waals surface area contributed by atoms with Crippen LogP contribution in [0.1, 0.15) is 26.3 Å². The molecule has 0 saturated carbocycles. The Kier molecular flexibility index (Phi) is 6.44. The molecule has 0 unspecified atom stereocenters. The quantitative estimate of drug-likeness (QED) is 0.759. The lowest BCUT2D eigenvalue weighted by atomic mass is 10.1. The van der Waals surface area contributed by atoms with E-state index in [0.29, 0.717) is 5.56 Å². The Bertz CT molecular complexity index is 785. The summed E-state index contributed by atoms with van der Waals surface area (Å²) in [6.45, 7) is 0.349. The fraction of sp³-hybridized carbons (Fsp3) is 0.263. The smallest absolute Gasteiger partial charge is 0.378 e. The number of alkyl halides is 3. The van der Waals surface area contributed by atoms with Crippen molar-refractivity contribution in [1.82, 2.24) is 10.6 Å². The molecule has 27 heavy (non-hydrogen) atoms. The molecule has 0 aliphatic heterocycles. The lowest BCUT2D eigenvalue weighted by Gasteiger charge is -2.12. The van der Waals surface area contributed by atoms with Gasteiger partial charge in [-0.1, -0.05) is 0 Å². The van der Waals surface area contributed by atoms with Crippen molar-refractivity contribution < 1.29 is 22.8 Å².